The monoisotopic (exact) mass is 223 g/mol. The van der Waals surface area contributed by atoms with Crippen LogP contribution in [0, 0.1) is 16.7 Å². The van der Waals surface area contributed by atoms with Crippen molar-refractivity contribution in [3.63, 3.8) is 0 Å². The van der Waals surface area contributed by atoms with Gasteiger partial charge in [0.2, 0.25) is 0 Å². The van der Waals surface area contributed by atoms with Crippen LogP contribution in [0.4, 0.5) is 0 Å². The molecule has 1 aliphatic heterocycles. The minimum atomic E-state index is -1.12. The Hall–Kier alpha value is -0.890. The van der Waals surface area contributed by atoms with Gasteiger partial charge < -0.3 is 9.84 Å². The molecule has 2 unspecified atom stereocenters. The molecule has 3 nitrogen and oxygen atoms in total. The molecule has 1 aromatic heterocycles. The zero-order chi connectivity index (χ0) is 10.9. The molecule has 15 heavy (non-hydrogen) atoms. The topological polar surface area (TPSA) is 53.2 Å². The Morgan fingerprint density at radius 2 is 2.53 bits per heavy atom. The maximum Gasteiger partial charge on any atom is 0.117 e. The first-order valence-electron chi connectivity index (χ1n) is 4.88. The van der Waals surface area contributed by atoms with Crippen molar-refractivity contribution < 1.29 is 9.84 Å². The first-order chi connectivity index (χ1) is 7.12. The van der Waals surface area contributed by atoms with Crippen LogP contribution in [-0.4, -0.2) is 18.3 Å². The van der Waals surface area contributed by atoms with Crippen LogP contribution < -0.4 is 0 Å². The highest BCUT2D eigenvalue weighted by molar-refractivity contribution is 7.10. The smallest absolute Gasteiger partial charge is 0.117 e. The van der Waals surface area contributed by atoms with Gasteiger partial charge in [-0.05, 0) is 24.8 Å². The van der Waals surface area contributed by atoms with E-state index in [0.717, 1.165) is 4.88 Å². The summed E-state index contributed by atoms with van der Waals surface area (Å²) in [5, 5.41) is 21.7. The number of hydrogen-bond donors (Lipinski definition) is 1. The molecule has 1 aliphatic rings. The molecule has 2 atom stereocenters. The molecular formula is C11H13NO2S. The van der Waals surface area contributed by atoms with E-state index < -0.39 is 11.0 Å². The van der Waals surface area contributed by atoms with Gasteiger partial charge in [0.05, 0.1) is 12.7 Å². The van der Waals surface area contributed by atoms with Crippen LogP contribution in [-0.2, 0) is 10.3 Å². The predicted molar refractivity (Wildman–Crippen MR) is 57.4 cm³/mol. The maximum atomic E-state index is 10.5. The van der Waals surface area contributed by atoms with Crippen LogP contribution in [0.25, 0.3) is 0 Å². The Labute approximate surface area is 92.9 Å². The zero-order valence-corrected chi connectivity index (χ0v) is 9.38. The number of hydrogen-bond acceptors (Lipinski definition) is 4. The Morgan fingerprint density at radius 1 is 1.73 bits per heavy atom. The van der Waals surface area contributed by atoms with Crippen LogP contribution in [0.5, 0.6) is 0 Å². The van der Waals surface area contributed by atoms with E-state index in [4.69, 9.17) is 4.74 Å². The first-order valence-corrected chi connectivity index (χ1v) is 5.76. The lowest BCUT2D eigenvalue weighted by molar-refractivity contribution is -0.0451. The number of rotatable bonds is 2. The number of thiophene rings is 1. The van der Waals surface area contributed by atoms with E-state index in [1.807, 2.05) is 17.5 Å². The van der Waals surface area contributed by atoms with Crippen LogP contribution in [0.2, 0.25) is 0 Å². The molecule has 1 fully saturated rings. The average molecular weight is 223 g/mol. The van der Waals surface area contributed by atoms with Crippen molar-refractivity contribution in [3.8, 4) is 6.07 Å². The molecule has 2 heterocycles. The van der Waals surface area contributed by atoms with E-state index in [2.05, 4.69) is 6.07 Å². The molecule has 0 saturated carbocycles. The molecule has 1 N–H and O–H groups in total. The second-order valence-corrected chi connectivity index (χ2v) is 4.99. The third kappa shape index (κ3) is 1.48. The highest BCUT2D eigenvalue weighted by Crippen LogP contribution is 2.46. The minimum absolute atomic E-state index is 0.314. The molecule has 0 aromatic carbocycles. The van der Waals surface area contributed by atoms with Gasteiger partial charge in [-0.15, -0.1) is 11.3 Å². The summed E-state index contributed by atoms with van der Waals surface area (Å²) >= 11 is 1.47. The predicted octanol–water partition coefficient (Wildman–Crippen LogP) is 1.89. The van der Waals surface area contributed by atoms with Gasteiger partial charge in [0, 0.05) is 11.5 Å². The molecule has 80 valence electrons. The summed E-state index contributed by atoms with van der Waals surface area (Å²) in [6.45, 7) is 2.57. The molecule has 4 heteroatoms. The van der Waals surface area contributed by atoms with Gasteiger partial charge in [0.25, 0.3) is 0 Å². The van der Waals surface area contributed by atoms with E-state index in [9.17, 15) is 10.4 Å². The summed E-state index contributed by atoms with van der Waals surface area (Å²) in [4.78, 5) is 0.828. The van der Waals surface area contributed by atoms with Gasteiger partial charge in [-0.25, -0.2) is 0 Å². The summed E-state index contributed by atoms with van der Waals surface area (Å²) < 4.78 is 5.26. The maximum absolute atomic E-state index is 10.5. The number of aliphatic hydroxyl groups is 1. The van der Waals surface area contributed by atoms with E-state index in [0.29, 0.717) is 19.6 Å². The van der Waals surface area contributed by atoms with Crippen molar-refractivity contribution in [1.29, 1.82) is 5.26 Å². The number of nitrogens with zero attached hydrogens (tertiary/aromatic N) is 1. The molecule has 0 aliphatic carbocycles. The highest BCUT2D eigenvalue weighted by Gasteiger charge is 2.52. The van der Waals surface area contributed by atoms with Gasteiger partial charge in [-0.3, -0.25) is 0 Å². The lowest BCUT2D eigenvalue weighted by atomic mass is 9.72. The summed E-state index contributed by atoms with van der Waals surface area (Å²) in [6, 6.07) is 5.99. The fourth-order valence-corrected chi connectivity index (χ4v) is 2.82. The fourth-order valence-electron chi connectivity index (χ4n) is 1.94. The average Bonchev–Trinajstić information content (AvgIpc) is 2.90. The van der Waals surface area contributed by atoms with Crippen LogP contribution in [0.1, 0.15) is 18.2 Å². The molecule has 1 aromatic rings. The van der Waals surface area contributed by atoms with E-state index in [1.54, 1.807) is 6.92 Å². The van der Waals surface area contributed by atoms with Crippen molar-refractivity contribution in [2.45, 2.75) is 18.9 Å². The Balaban J connectivity index is 2.40. The highest BCUT2D eigenvalue weighted by atomic mass is 32.1. The Bertz CT molecular complexity index is 372. The van der Waals surface area contributed by atoms with Crippen LogP contribution >= 0.6 is 11.3 Å². The first kappa shape index (κ1) is 10.6. The second kappa shape index (κ2) is 3.60. The summed E-state index contributed by atoms with van der Waals surface area (Å²) in [6.07, 6.45) is 0.592. The third-order valence-electron chi connectivity index (χ3n) is 3.17. The third-order valence-corrected chi connectivity index (χ3v) is 4.25. The quantitative estimate of drug-likeness (QED) is 0.833. The molecule has 0 spiro atoms. The molecule has 0 amide bonds. The van der Waals surface area contributed by atoms with Crippen molar-refractivity contribution in [3.05, 3.63) is 22.4 Å². The second-order valence-electron chi connectivity index (χ2n) is 4.05. The van der Waals surface area contributed by atoms with Gasteiger partial charge in [-0.2, -0.15) is 5.26 Å². The fraction of sp³-hybridized carbons (Fsp3) is 0.545. The largest absolute Gasteiger partial charge is 0.383 e. The number of nitriles is 1. The summed E-state index contributed by atoms with van der Waals surface area (Å²) in [5.41, 5.74) is -1.91. The lowest BCUT2D eigenvalue weighted by Gasteiger charge is -2.35. The van der Waals surface area contributed by atoms with Crippen LogP contribution in [0.3, 0.4) is 0 Å². The molecule has 0 radical (unpaired) electrons. The van der Waals surface area contributed by atoms with E-state index in [1.165, 1.54) is 11.3 Å². The van der Waals surface area contributed by atoms with Gasteiger partial charge in [0.15, 0.2) is 0 Å². The zero-order valence-electron chi connectivity index (χ0n) is 8.56. The molecule has 1 saturated heterocycles. The minimum Gasteiger partial charge on any atom is -0.383 e. The molecular weight excluding hydrogens is 210 g/mol. The Kier molecular flexibility index (Phi) is 2.55. The lowest BCUT2D eigenvalue weighted by Crippen LogP contribution is -2.42. The van der Waals surface area contributed by atoms with Crippen LogP contribution in [0.15, 0.2) is 17.5 Å². The van der Waals surface area contributed by atoms with E-state index in [-0.39, 0.29) is 0 Å². The van der Waals surface area contributed by atoms with Gasteiger partial charge in [-0.1, -0.05) is 6.07 Å². The van der Waals surface area contributed by atoms with Crippen molar-refractivity contribution >= 4 is 11.3 Å². The molecule has 0 bridgehead atoms. The SMILES string of the molecule is CC(O)(c1cccs1)C1(C#N)CCOC1. The number of ether oxygens (including phenoxy) is 1. The van der Waals surface area contributed by atoms with Crippen molar-refractivity contribution in [1.82, 2.24) is 0 Å². The summed E-state index contributed by atoms with van der Waals surface area (Å²) in [5.74, 6) is 0. The van der Waals surface area contributed by atoms with E-state index >= 15 is 0 Å². The van der Waals surface area contributed by atoms with Gasteiger partial charge in [0.1, 0.15) is 11.0 Å². The van der Waals surface area contributed by atoms with Crippen molar-refractivity contribution in [2.24, 2.45) is 5.41 Å². The molecule has 2 rings (SSSR count). The van der Waals surface area contributed by atoms with Gasteiger partial charge >= 0.3 is 0 Å². The normalized spacial score (nSPS) is 29.7. The standard InChI is InChI=1S/C11H13NO2S/c1-10(13,9-3-2-6-15-9)11(7-12)4-5-14-8-11/h2-3,6,13H,4-5,8H2,1H3. The van der Waals surface area contributed by atoms with Crippen molar-refractivity contribution in [2.75, 3.05) is 13.2 Å². The summed E-state index contributed by atoms with van der Waals surface area (Å²) in [7, 11) is 0. The Morgan fingerprint density at radius 3 is 3.00 bits per heavy atom.